The molecular weight excluding hydrogens is 132 g/mol. The third kappa shape index (κ3) is 1.06. The van der Waals surface area contributed by atoms with Gasteiger partial charge in [-0.2, -0.15) is 0 Å². The molecule has 0 aromatic heterocycles. The predicted molar refractivity (Wildman–Crippen MR) is 36.8 cm³/mol. The molecule has 0 saturated heterocycles. The van der Waals surface area contributed by atoms with Crippen LogP contribution in [0, 0.1) is 0 Å². The Labute approximate surface area is 58.1 Å². The Balaban J connectivity index is 2.80. The van der Waals surface area contributed by atoms with E-state index in [0.717, 1.165) is 0 Å². The monoisotopic (exact) mass is 140 g/mol. The Bertz CT molecular complexity index is 210. The molecule has 0 aromatic rings. The molecule has 0 radical (unpaired) electrons. The molecule has 10 heavy (non-hydrogen) atoms. The molecular formula is C6H8N2O2. The highest BCUT2D eigenvalue weighted by atomic mass is 16.4. The molecule has 0 bridgehead atoms. The van der Waals surface area contributed by atoms with E-state index in [1.54, 1.807) is 0 Å². The van der Waals surface area contributed by atoms with Crippen molar-refractivity contribution in [1.29, 1.82) is 0 Å². The SMILES string of the molecule is NC1(C(=O)O)C=CN=CC1. The van der Waals surface area contributed by atoms with E-state index in [1.807, 2.05) is 0 Å². The van der Waals surface area contributed by atoms with Crippen LogP contribution in [0.15, 0.2) is 17.3 Å². The molecule has 3 N–H and O–H groups in total. The van der Waals surface area contributed by atoms with Crippen molar-refractivity contribution in [1.82, 2.24) is 0 Å². The molecule has 0 aromatic carbocycles. The smallest absolute Gasteiger partial charge is 0.328 e. The summed E-state index contributed by atoms with van der Waals surface area (Å²) in [5.41, 5.74) is 4.19. The highest BCUT2D eigenvalue weighted by Gasteiger charge is 2.30. The van der Waals surface area contributed by atoms with Crippen molar-refractivity contribution >= 4 is 12.2 Å². The zero-order valence-corrected chi connectivity index (χ0v) is 5.32. The first-order chi connectivity index (χ1) is 4.65. The minimum atomic E-state index is -1.23. The maximum Gasteiger partial charge on any atom is 0.328 e. The third-order valence-corrected chi connectivity index (χ3v) is 1.39. The lowest BCUT2D eigenvalue weighted by molar-refractivity contribution is -0.141. The van der Waals surface area contributed by atoms with E-state index in [0.29, 0.717) is 0 Å². The maximum atomic E-state index is 10.4. The van der Waals surface area contributed by atoms with Gasteiger partial charge in [-0.25, -0.2) is 4.79 Å². The van der Waals surface area contributed by atoms with Gasteiger partial charge in [-0.3, -0.25) is 4.99 Å². The number of hydrogen-bond donors (Lipinski definition) is 2. The molecule has 0 fully saturated rings. The highest BCUT2D eigenvalue weighted by Crippen LogP contribution is 2.10. The van der Waals surface area contributed by atoms with E-state index < -0.39 is 11.5 Å². The zero-order chi connectivity index (χ0) is 7.61. The number of nitrogens with two attached hydrogens (primary N) is 1. The summed E-state index contributed by atoms with van der Waals surface area (Å²) in [5.74, 6) is -1.02. The molecule has 1 unspecified atom stereocenters. The summed E-state index contributed by atoms with van der Waals surface area (Å²) in [6, 6.07) is 0. The number of carboxylic acids is 1. The van der Waals surface area contributed by atoms with Crippen LogP contribution in [0.4, 0.5) is 0 Å². The fraction of sp³-hybridized carbons (Fsp3) is 0.333. The minimum Gasteiger partial charge on any atom is -0.480 e. The van der Waals surface area contributed by atoms with Crippen molar-refractivity contribution in [3.8, 4) is 0 Å². The molecule has 0 amide bonds. The summed E-state index contributed by atoms with van der Waals surface area (Å²) >= 11 is 0. The molecule has 0 aliphatic carbocycles. The van der Waals surface area contributed by atoms with Crippen molar-refractivity contribution in [2.75, 3.05) is 0 Å². The fourth-order valence-electron chi connectivity index (χ4n) is 0.667. The summed E-state index contributed by atoms with van der Waals surface area (Å²) in [6.07, 6.45) is 4.54. The summed E-state index contributed by atoms with van der Waals surface area (Å²) in [4.78, 5) is 14.1. The van der Waals surface area contributed by atoms with Crippen LogP contribution < -0.4 is 5.73 Å². The first-order valence-corrected chi connectivity index (χ1v) is 2.87. The van der Waals surface area contributed by atoms with Gasteiger partial charge in [0.05, 0.1) is 0 Å². The van der Waals surface area contributed by atoms with Gasteiger partial charge >= 0.3 is 5.97 Å². The van der Waals surface area contributed by atoms with Gasteiger partial charge in [-0.05, 0) is 6.08 Å². The van der Waals surface area contributed by atoms with Crippen LogP contribution in [0.2, 0.25) is 0 Å². The Morgan fingerprint density at radius 2 is 2.50 bits per heavy atom. The van der Waals surface area contributed by atoms with Crippen LogP contribution in [-0.4, -0.2) is 22.8 Å². The van der Waals surface area contributed by atoms with Crippen LogP contribution in [0.25, 0.3) is 0 Å². The summed E-state index contributed by atoms with van der Waals surface area (Å²) in [6.45, 7) is 0. The Morgan fingerprint density at radius 3 is 2.80 bits per heavy atom. The van der Waals surface area contributed by atoms with E-state index in [9.17, 15) is 4.79 Å². The van der Waals surface area contributed by atoms with Gasteiger partial charge in [0, 0.05) is 18.8 Å². The molecule has 1 rings (SSSR count). The van der Waals surface area contributed by atoms with E-state index in [4.69, 9.17) is 10.8 Å². The number of rotatable bonds is 1. The lowest BCUT2D eigenvalue weighted by Gasteiger charge is -2.19. The lowest BCUT2D eigenvalue weighted by Crippen LogP contribution is -2.47. The molecule has 1 aliphatic heterocycles. The van der Waals surface area contributed by atoms with Crippen molar-refractivity contribution < 1.29 is 9.90 Å². The fourth-order valence-corrected chi connectivity index (χ4v) is 0.667. The second-order valence-corrected chi connectivity index (χ2v) is 2.20. The van der Waals surface area contributed by atoms with Gasteiger partial charge in [0.25, 0.3) is 0 Å². The van der Waals surface area contributed by atoms with Gasteiger partial charge < -0.3 is 10.8 Å². The molecule has 1 aliphatic rings. The van der Waals surface area contributed by atoms with Crippen molar-refractivity contribution in [3.05, 3.63) is 12.3 Å². The highest BCUT2D eigenvalue weighted by molar-refractivity contribution is 5.86. The second-order valence-electron chi connectivity index (χ2n) is 2.20. The average molecular weight is 140 g/mol. The van der Waals surface area contributed by atoms with Crippen LogP contribution in [0.3, 0.4) is 0 Å². The second kappa shape index (κ2) is 2.22. The number of carbonyl (C=O) groups is 1. The number of aliphatic carboxylic acids is 1. The lowest BCUT2D eigenvalue weighted by atomic mass is 9.96. The minimum absolute atomic E-state index is 0.263. The first kappa shape index (κ1) is 6.95. The third-order valence-electron chi connectivity index (χ3n) is 1.39. The first-order valence-electron chi connectivity index (χ1n) is 2.87. The van der Waals surface area contributed by atoms with Crippen LogP contribution >= 0.6 is 0 Å². The largest absolute Gasteiger partial charge is 0.480 e. The molecule has 54 valence electrons. The normalized spacial score (nSPS) is 30.5. The average Bonchev–Trinajstić information content (AvgIpc) is 1.89. The van der Waals surface area contributed by atoms with Gasteiger partial charge in [0.2, 0.25) is 0 Å². The van der Waals surface area contributed by atoms with Gasteiger partial charge in [-0.15, -0.1) is 0 Å². The van der Waals surface area contributed by atoms with Crippen molar-refractivity contribution in [2.24, 2.45) is 10.7 Å². The Morgan fingerprint density at radius 1 is 1.80 bits per heavy atom. The summed E-state index contributed by atoms with van der Waals surface area (Å²) in [5, 5.41) is 8.56. The van der Waals surface area contributed by atoms with Gasteiger partial charge in [0.1, 0.15) is 5.54 Å². The van der Waals surface area contributed by atoms with E-state index in [2.05, 4.69) is 4.99 Å². The Kier molecular flexibility index (Phi) is 1.55. The van der Waals surface area contributed by atoms with Crippen LogP contribution in [0.5, 0.6) is 0 Å². The van der Waals surface area contributed by atoms with Crippen molar-refractivity contribution in [2.45, 2.75) is 12.0 Å². The molecule has 0 spiro atoms. The topological polar surface area (TPSA) is 75.7 Å². The van der Waals surface area contributed by atoms with Crippen molar-refractivity contribution in [3.63, 3.8) is 0 Å². The molecule has 1 atom stereocenters. The number of aliphatic imine (C=N–C) groups is 1. The van der Waals surface area contributed by atoms with E-state index in [-0.39, 0.29) is 6.42 Å². The molecule has 4 heteroatoms. The number of hydrogen-bond acceptors (Lipinski definition) is 3. The van der Waals surface area contributed by atoms with E-state index in [1.165, 1.54) is 18.5 Å². The maximum absolute atomic E-state index is 10.4. The molecule has 0 saturated carbocycles. The molecule has 4 nitrogen and oxygen atoms in total. The van der Waals surface area contributed by atoms with Crippen LogP contribution in [0.1, 0.15) is 6.42 Å². The standard InChI is InChI=1S/C6H8N2O2/c7-6(5(9)10)1-3-8-4-2-6/h1,3-4H,2,7H2,(H,9,10). The van der Waals surface area contributed by atoms with Crippen LogP contribution in [-0.2, 0) is 4.79 Å². The quantitative estimate of drug-likeness (QED) is 0.527. The number of nitrogens with zero attached hydrogens (tertiary/aromatic N) is 1. The Hall–Kier alpha value is -1.16. The van der Waals surface area contributed by atoms with Gasteiger partial charge in [-0.1, -0.05) is 0 Å². The number of carboxylic acid groups (broad SMARTS) is 1. The van der Waals surface area contributed by atoms with E-state index >= 15 is 0 Å². The summed E-state index contributed by atoms with van der Waals surface area (Å²) in [7, 11) is 0. The zero-order valence-electron chi connectivity index (χ0n) is 5.32. The molecule has 1 heterocycles. The summed E-state index contributed by atoms with van der Waals surface area (Å²) < 4.78 is 0. The predicted octanol–water partition coefficient (Wildman–Crippen LogP) is -0.243. The van der Waals surface area contributed by atoms with Gasteiger partial charge in [0.15, 0.2) is 0 Å².